The van der Waals surface area contributed by atoms with Gasteiger partial charge in [0.25, 0.3) is 0 Å². The van der Waals surface area contributed by atoms with E-state index in [1.54, 1.807) is 6.21 Å². The number of hydrogen-bond acceptors (Lipinski definition) is 5. The molecule has 0 unspecified atom stereocenters. The second kappa shape index (κ2) is 9.01. The molecule has 1 fully saturated rings. The summed E-state index contributed by atoms with van der Waals surface area (Å²) in [5.74, 6) is 0.752. The second-order valence-corrected chi connectivity index (χ2v) is 5.00. The molecule has 1 aliphatic rings. The first-order valence-corrected chi connectivity index (χ1v) is 7.39. The van der Waals surface area contributed by atoms with Crippen molar-refractivity contribution in [2.75, 3.05) is 39.5 Å². The lowest BCUT2D eigenvalue weighted by Crippen LogP contribution is -2.37. The molecule has 120 valence electrons. The van der Waals surface area contributed by atoms with Crippen molar-refractivity contribution in [2.24, 2.45) is 21.7 Å². The highest BCUT2D eigenvalue weighted by Crippen LogP contribution is 2.12. The van der Waals surface area contributed by atoms with Gasteiger partial charge in [-0.2, -0.15) is 5.10 Å². The van der Waals surface area contributed by atoms with Crippen LogP contribution in [-0.4, -0.2) is 56.5 Å². The summed E-state index contributed by atoms with van der Waals surface area (Å²) in [6.07, 6.45) is 2.58. The van der Waals surface area contributed by atoms with Gasteiger partial charge in [0.05, 0.1) is 26.0 Å². The SMILES string of the molecule is NC(N)=NN=Cc1cccc(OCCCN2CCOCC2)c1. The van der Waals surface area contributed by atoms with Crippen LogP contribution in [0.15, 0.2) is 34.5 Å². The van der Waals surface area contributed by atoms with E-state index in [9.17, 15) is 0 Å². The first-order valence-electron chi connectivity index (χ1n) is 7.39. The minimum absolute atomic E-state index is 0.0632. The van der Waals surface area contributed by atoms with Crippen molar-refractivity contribution in [2.45, 2.75) is 6.42 Å². The molecule has 7 heteroatoms. The largest absolute Gasteiger partial charge is 0.494 e. The standard InChI is InChI=1S/C15H23N5O2/c16-15(17)19-18-12-13-3-1-4-14(11-13)22-8-2-5-20-6-9-21-10-7-20/h1,3-4,11-12H,2,5-10H2,(H4,16,17,19). The Morgan fingerprint density at radius 3 is 2.91 bits per heavy atom. The monoisotopic (exact) mass is 305 g/mol. The third-order valence-electron chi connectivity index (χ3n) is 3.23. The van der Waals surface area contributed by atoms with Crippen LogP contribution in [0.2, 0.25) is 0 Å². The van der Waals surface area contributed by atoms with Gasteiger partial charge in [-0.05, 0) is 24.1 Å². The maximum Gasteiger partial charge on any atom is 0.211 e. The maximum atomic E-state index is 5.76. The quantitative estimate of drug-likeness (QED) is 0.329. The summed E-state index contributed by atoms with van der Waals surface area (Å²) in [7, 11) is 0. The molecule has 2 rings (SSSR count). The Labute approximate surface area is 130 Å². The van der Waals surface area contributed by atoms with Crippen molar-refractivity contribution >= 4 is 12.2 Å². The van der Waals surface area contributed by atoms with Crippen LogP contribution in [0.1, 0.15) is 12.0 Å². The molecule has 0 spiro atoms. The summed E-state index contributed by atoms with van der Waals surface area (Å²) in [4.78, 5) is 2.39. The molecule has 0 atom stereocenters. The molecule has 0 saturated carbocycles. The van der Waals surface area contributed by atoms with Crippen molar-refractivity contribution in [3.05, 3.63) is 29.8 Å². The van der Waals surface area contributed by atoms with E-state index in [2.05, 4.69) is 15.1 Å². The fourth-order valence-electron chi connectivity index (χ4n) is 2.15. The number of hydrogen-bond donors (Lipinski definition) is 2. The van der Waals surface area contributed by atoms with Crippen LogP contribution in [-0.2, 0) is 4.74 Å². The Morgan fingerprint density at radius 1 is 1.32 bits per heavy atom. The summed E-state index contributed by atoms with van der Waals surface area (Å²) >= 11 is 0. The Hall–Kier alpha value is -2.12. The average molecular weight is 305 g/mol. The van der Waals surface area contributed by atoms with Crippen LogP contribution in [0.4, 0.5) is 0 Å². The molecule has 0 amide bonds. The lowest BCUT2D eigenvalue weighted by atomic mass is 10.2. The van der Waals surface area contributed by atoms with Crippen LogP contribution in [0.3, 0.4) is 0 Å². The van der Waals surface area contributed by atoms with Gasteiger partial charge in [0.15, 0.2) is 0 Å². The topological polar surface area (TPSA) is 98.5 Å². The molecular weight excluding hydrogens is 282 g/mol. The Bertz CT molecular complexity index is 508. The van der Waals surface area contributed by atoms with E-state index in [0.29, 0.717) is 6.61 Å². The zero-order valence-corrected chi connectivity index (χ0v) is 12.6. The second-order valence-electron chi connectivity index (χ2n) is 5.00. The van der Waals surface area contributed by atoms with Crippen LogP contribution in [0.5, 0.6) is 5.75 Å². The highest BCUT2D eigenvalue weighted by atomic mass is 16.5. The number of guanidine groups is 1. The van der Waals surface area contributed by atoms with E-state index in [-0.39, 0.29) is 5.96 Å². The molecule has 0 aromatic heterocycles. The first kappa shape index (κ1) is 16.3. The third kappa shape index (κ3) is 6.11. The first-order chi connectivity index (χ1) is 10.7. The predicted octanol–water partition coefficient (Wildman–Crippen LogP) is 0.395. The molecule has 0 radical (unpaired) electrons. The summed E-state index contributed by atoms with van der Waals surface area (Å²) in [6.45, 7) is 5.41. The van der Waals surface area contributed by atoms with E-state index in [1.807, 2.05) is 24.3 Å². The van der Waals surface area contributed by atoms with Crippen LogP contribution in [0.25, 0.3) is 0 Å². The predicted molar refractivity (Wildman–Crippen MR) is 87.2 cm³/mol. The summed E-state index contributed by atoms with van der Waals surface area (Å²) in [5.41, 5.74) is 11.3. The Balaban J connectivity index is 1.73. The van der Waals surface area contributed by atoms with Crippen LogP contribution >= 0.6 is 0 Å². The van der Waals surface area contributed by atoms with E-state index in [1.165, 1.54) is 0 Å². The summed E-state index contributed by atoms with van der Waals surface area (Å²) in [6, 6.07) is 7.65. The lowest BCUT2D eigenvalue weighted by molar-refractivity contribution is 0.0358. The lowest BCUT2D eigenvalue weighted by Gasteiger charge is -2.26. The third-order valence-corrected chi connectivity index (χ3v) is 3.23. The fraction of sp³-hybridized carbons (Fsp3) is 0.467. The summed E-state index contributed by atoms with van der Waals surface area (Å²) in [5, 5.41) is 7.34. The Kier molecular flexibility index (Phi) is 6.66. The molecule has 1 saturated heterocycles. The van der Waals surface area contributed by atoms with E-state index in [0.717, 1.165) is 50.6 Å². The zero-order valence-electron chi connectivity index (χ0n) is 12.6. The van der Waals surface area contributed by atoms with Gasteiger partial charge in [-0.1, -0.05) is 12.1 Å². The van der Waals surface area contributed by atoms with Gasteiger partial charge in [-0.25, -0.2) is 0 Å². The zero-order chi connectivity index (χ0) is 15.6. The summed E-state index contributed by atoms with van der Waals surface area (Å²) < 4.78 is 11.1. The molecule has 7 nitrogen and oxygen atoms in total. The maximum absolute atomic E-state index is 5.76. The Morgan fingerprint density at radius 2 is 2.14 bits per heavy atom. The van der Waals surface area contributed by atoms with Gasteiger partial charge in [-0.3, -0.25) is 4.90 Å². The fourth-order valence-corrected chi connectivity index (χ4v) is 2.15. The minimum Gasteiger partial charge on any atom is -0.494 e. The molecule has 1 aromatic rings. The molecule has 1 aliphatic heterocycles. The van der Waals surface area contributed by atoms with E-state index in [4.69, 9.17) is 20.9 Å². The normalized spacial score (nSPS) is 15.8. The minimum atomic E-state index is -0.0632. The van der Waals surface area contributed by atoms with Gasteiger partial charge >= 0.3 is 0 Å². The van der Waals surface area contributed by atoms with Crippen molar-refractivity contribution in [1.29, 1.82) is 0 Å². The molecule has 0 aliphatic carbocycles. The van der Waals surface area contributed by atoms with E-state index >= 15 is 0 Å². The molecule has 22 heavy (non-hydrogen) atoms. The van der Waals surface area contributed by atoms with Gasteiger partial charge in [0, 0.05) is 19.6 Å². The number of benzene rings is 1. The average Bonchev–Trinajstić information content (AvgIpc) is 2.53. The van der Waals surface area contributed by atoms with E-state index < -0.39 is 0 Å². The number of morpholine rings is 1. The molecule has 4 N–H and O–H groups in total. The van der Waals surface area contributed by atoms with Crippen molar-refractivity contribution in [3.63, 3.8) is 0 Å². The number of ether oxygens (including phenoxy) is 2. The van der Waals surface area contributed by atoms with Gasteiger partial charge in [-0.15, -0.1) is 5.10 Å². The van der Waals surface area contributed by atoms with Crippen molar-refractivity contribution in [1.82, 2.24) is 4.90 Å². The number of nitrogens with zero attached hydrogens (tertiary/aromatic N) is 3. The van der Waals surface area contributed by atoms with Crippen LogP contribution < -0.4 is 16.2 Å². The van der Waals surface area contributed by atoms with Crippen molar-refractivity contribution in [3.8, 4) is 5.75 Å². The van der Waals surface area contributed by atoms with Gasteiger partial charge in [0.1, 0.15) is 5.75 Å². The highest BCUT2D eigenvalue weighted by molar-refractivity contribution is 5.81. The van der Waals surface area contributed by atoms with Gasteiger partial charge in [0.2, 0.25) is 5.96 Å². The highest BCUT2D eigenvalue weighted by Gasteiger charge is 2.09. The smallest absolute Gasteiger partial charge is 0.211 e. The van der Waals surface area contributed by atoms with Crippen LogP contribution in [0, 0.1) is 0 Å². The molecule has 1 aromatic carbocycles. The molecule has 0 bridgehead atoms. The van der Waals surface area contributed by atoms with Crippen molar-refractivity contribution < 1.29 is 9.47 Å². The number of rotatable bonds is 7. The molecular formula is C15H23N5O2. The molecule has 1 heterocycles. The van der Waals surface area contributed by atoms with Gasteiger partial charge < -0.3 is 20.9 Å². The number of nitrogens with two attached hydrogens (primary N) is 2.